The zero-order valence-electron chi connectivity index (χ0n) is 21.7. The molecule has 5 N–H and O–H groups in total. The molecule has 1 aliphatic heterocycles. The highest BCUT2D eigenvalue weighted by Crippen LogP contribution is 2.54. The van der Waals surface area contributed by atoms with Gasteiger partial charge in [0.15, 0.2) is 5.65 Å². The topological polar surface area (TPSA) is 172 Å². The van der Waals surface area contributed by atoms with Gasteiger partial charge >= 0.3 is 12.7 Å². The number of ether oxygens (including phenoxy) is 1. The molecular weight excluding hydrogens is 540 g/mol. The number of fused-ring (bicyclic) bond motifs is 9. The lowest BCUT2D eigenvalue weighted by atomic mass is 9.77. The van der Waals surface area contributed by atoms with Gasteiger partial charge in [0, 0.05) is 40.6 Å². The first kappa shape index (κ1) is 25.8. The summed E-state index contributed by atoms with van der Waals surface area (Å²) in [6.45, 7) is -1.34. The highest BCUT2D eigenvalue weighted by Gasteiger charge is 2.53. The van der Waals surface area contributed by atoms with Crippen molar-refractivity contribution in [1.29, 1.82) is 0 Å². The van der Waals surface area contributed by atoms with Crippen LogP contribution in [0.3, 0.4) is 0 Å². The molecule has 3 aromatic heterocycles. The van der Waals surface area contributed by atoms with Crippen LogP contribution in [0.1, 0.15) is 76.3 Å². The predicted molar refractivity (Wildman–Crippen MR) is 136 cm³/mol. The minimum Gasteiger partial charge on any atom is -0.434 e. The van der Waals surface area contributed by atoms with Gasteiger partial charge < -0.3 is 25.8 Å². The Labute approximate surface area is 231 Å². The molecule has 1 fully saturated rings. The van der Waals surface area contributed by atoms with E-state index in [1.165, 1.54) is 22.7 Å². The van der Waals surface area contributed by atoms with Crippen molar-refractivity contribution in [3.05, 3.63) is 70.6 Å². The second kappa shape index (κ2) is 8.69. The average molecular weight is 566 g/mol. The van der Waals surface area contributed by atoms with Gasteiger partial charge in [-0.1, -0.05) is 6.07 Å². The number of alkyl halides is 2. The Hall–Kier alpha value is -4.11. The van der Waals surface area contributed by atoms with Crippen molar-refractivity contribution in [1.82, 2.24) is 29.5 Å². The molecule has 7 rings (SSSR count). The summed E-state index contributed by atoms with van der Waals surface area (Å²) < 4.78 is 33.1. The molecule has 1 saturated carbocycles. The van der Waals surface area contributed by atoms with E-state index in [0.717, 1.165) is 19.3 Å². The van der Waals surface area contributed by atoms with Gasteiger partial charge in [-0.15, -0.1) is 0 Å². The van der Waals surface area contributed by atoms with Gasteiger partial charge in [-0.25, -0.2) is 19.5 Å². The number of hydrogen-bond donors (Lipinski definition) is 4. The molecule has 41 heavy (non-hydrogen) atoms. The number of carbonyl (C=O) groups is 1. The van der Waals surface area contributed by atoms with Crippen molar-refractivity contribution in [3.63, 3.8) is 0 Å². The summed E-state index contributed by atoms with van der Waals surface area (Å²) in [4.78, 5) is 27.9. The van der Waals surface area contributed by atoms with Crippen LogP contribution in [0.2, 0.25) is 0 Å². The fraction of sp³-hybridized carbons (Fsp3) is 0.370. The molecule has 2 unspecified atom stereocenters. The third-order valence-corrected chi connectivity index (χ3v) is 8.33. The summed E-state index contributed by atoms with van der Waals surface area (Å²) in [6, 6.07) is 4.61. The lowest BCUT2D eigenvalue weighted by Gasteiger charge is -2.36. The van der Waals surface area contributed by atoms with Crippen LogP contribution in [-0.2, 0) is 5.54 Å². The maximum Gasteiger partial charge on any atom is 0.387 e. The first-order chi connectivity index (χ1) is 19.5. The summed E-state index contributed by atoms with van der Waals surface area (Å²) in [6.07, 6.45) is 2.43. The Morgan fingerprint density at radius 1 is 1.15 bits per heavy atom. The largest absolute Gasteiger partial charge is 0.434 e. The normalized spacial score (nSPS) is 21.1. The number of amides is 1. The maximum atomic E-state index is 13.5. The van der Waals surface area contributed by atoms with E-state index in [4.69, 9.17) is 15.5 Å². The van der Waals surface area contributed by atoms with Crippen molar-refractivity contribution in [2.75, 3.05) is 0 Å². The molecule has 2 aliphatic carbocycles. The van der Waals surface area contributed by atoms with Crippen LogP contribution in [0.5, 0.6) is 5.75 Å². The number of aliphatic hydroxyl groups is 3. The van der Waals surface area contributed by atoms with Crippen LogP contribution in [-0.4, -0.2) is 63.4 Å². The lowest BCUT2D eigenvalue weighted by molar-refractivity contribution is -0.385. The average Bonchev–Trinajstić information content (AvgIpc) is 3.39. The van der Waals surface area contributed by atoms with Gasteiger partial charge in [0.1, 0.15) is 11.6 Å². The van der Waals surface area contributed by atoms with Crippen molar-refractivity contribution < 1.29 is 33.6 Å². The molecule has 0 radical (unpaired) electrons. The number of halogens is 2. The molecule has 2 bridgehead atoms. The molecule has 3 aliphatic rings. The van der Waals surface area contributed by atoms with Crippen LogP contribution in [0.15, 0.2) is 36.7 Å². The summed E-state index contributed by atoms with van der Waals surface area (Å²) in [7, 11) is 0. The zero-order valence-corrected chi connectivity index (χ0v) is 21.7. The zero-order chi connectivity index (χ0) is 28.8. The Morgan fingerprint density at radius 2 is 1.93 bits per heavy atom. The third-order valence-electron chi connectivity index (χ3n) is 8.33. The second-order valence-electron chi connectivity index (χ2n) is 10.8. The van der Waals surface area contributed by atoms with Crippen molar-refractivity contribution >= 4 is 11.6 Å². The Kier molecular flexibility index (Phi) is 5.48. The minimum absolute atomic E-state index is 0.0152. The number of aromatic nitrogens is 5. The first-order valence-corrected chi connectivity index (χ1v) is 13.1. The van der Waals surface area contributed by atoms with Gasteiger partial charge in [-0.2, -0.15) is 13.9 Å². The SMILES string of the molecule is Cc1nc(C2(N)CCC2)ncc1-c1ccn2nc3c(c2n1)C1CC3N(C(O)(O)O)C(=O)c2cccc(OC(F)F)c21. The van der Waals surface area contributed by atoms with Crippen LogP contribution < -0.4 is 10.5 Å². The smallest absolute Gasteiger partial charge is 0.387 e. The summed E-state index contributed by atoms with van der Waals surface area (Å²) in [5.74, 6) is -1.39. The Balaban J connectivity index is 1.42. The minimum atomic E-state index is -3.56. The van der Waals surface area contributed by atoms with Crippen molar-refractivity contribution in [2.24, 2.45) is 5.73 Å². The number of benzene rings is 1. The second-order valence-corrected chi connectivity index (χ2v) is 10.8. The molecular formula is C27H25F2N7O5. The van der Waals surface area contributed by atoms with Crippen molar-refractivity contribution in [2.45, 2.75) is 62.8 Å². The van der Waals surface area contributed by atoms with E-state index in [9.17, 15) is 28.9 Å². The quantitative estimate of drug-likeness (QED) is 0.263. The molecule has 12 nitrogen and oxygen atoms in total. The number of rotatable bonds is 5. The van der Waals surface area contributed by atoms with Crippen LogP contribution >= 0.6 is 0 Å². The van der Waals surface area contributed by atoms with Gasteiger partial charge in [0.05, 0.1) is 28.7 Å². The first-order valence-electron chi connectivity index (χ1n) is 13.1. The Bertz CT molecular complexity index is 1730. The van der Waals surface area contributed by atoms with E-state index in [1.54, 1.807) is 18.5 Å². The number of nitrogens with zero attached hydrogens (tertiary/aromatic N) is 6. The van der Waals surface area contributed by atoms with Crippen LogP contribution in [0, 0.1) is 6.92 Å². The van der Waals surface area contributed by atoms with E-state index >= 15 is 0 Å². The van der Waals surface area contributed by atoms with Crippen molar-refractivity contribution in [3.8, 4) is 17.0 Å². The number of carbonyl (C=O) groups excluding carboxylic acids is 1. The summed E-state index contributed by atoms with van der Waals surface area (Å²) in [5.41, 5.74) is 8.81. The lowest BCUT2D eigenvalue weighted by Crippen LogP contribution is -2.53. The molecule has 0 saturated heterocycles. The van der Waals surface area contributed by atoms with Gasteiger partial charge in [-0.05, 0) is 50.8 Å². The molecule has 0 spiro atoms. The van der Waals surface area contributed by atoms with Gasteiger partial charge in [0.2, 0.25) is 0 Å². The standard InChI is InChI=1S/C27H25F2N7O5/c1-12-15(11-31-24(32-12)26(30)7-3-8-26)16-6-9-35-22(33-16)20-14-10-17(21(20)34-35)36(27(38,39)40)23(37)13-4-2-5-18(19(13)14)41-25(28)29/h2,4-6,9,11,14,17,25,38-40H,3,7-8,10,30H2,1H3. The van der Waals surface area contributed by atoms with Crippen LogP contribution in [0.25, 0.3) is 16.9 Å². The number of hydrogen-bond acceptors (Lipinski definition) is 10. The van der Waals surface area contributed by atoms with E-state index < -0.39 is 36.1 Å². The number of nitrogens with two attached hydrogens (primary N) is 1. The molecule has 4 heterocycles. The van der Waals surface area contributed by atoms with E-state index in [0.29, 0.717) is 38.9 Å². The van der Waals surface area contributed by atoms with E-state index in [1.807, 2.05) is 6.92 Å². The molecule has 2 atom stereocenters. The predicted octanol–water partition coefficient (Wildman–Crippen LogP) is 2.05. The third kappa shape index (κ3) is 3.82. The maximum absolute atomic E-state index is 13.5. The van der Waals surface area contributed by atoms with Gasteiger partial charge in [-0.3, -0.25) is 9.69 Å². The Morgan fingerprint density at radius 3 is 2.59 bits per heavy atom. The highest BCUT2D eigenvalue weighted by atomic mass is 19.3. The van der Waals surface area contributed by atoms with Gasteiger partial charge in [0.25, 0.3) is 5.91 Å². The van der Waals surface area contributed by atoms with Crippen LogP contribution in [0.4, 0.5) is 8.78 Å². The molecule has 4 aromatic rings. The molecule has 14 heteroatoms. The fourth-order valence-electron chi connectivity index (χ4n) is 6.28. The monoisotopic (exact) mass is 565 g/mol. The molecule has 1 aromatic carbocycles. The highest BCUT2D eigenvalue weighted by molar-refractivity contribution is 5.98. The molecule has 1 amide bonds. The molecule has 212 valence electrons. The van der Waals surface area contributed by atoms with E-state index in [-0.39, 0.29) is 29.0 Å². The number of aryl methyl sites for hydroxylation is 1. The fourth-order valence-corrected chi connectivity index (χ4v) is 6.28. The van der Waals surface area contributed by atoms with E-state index in [2.05, 4.69) is 15.1 Å². The summed E-state index contributed by atoms with van der Waals surface area (Å²) in [5, 5.41) is 35.2. The summed E-state index contributed by atoms with van der Waals surface area (Å²) >= 11 is 0.